The maximum Gasteiger partial charge on any atom is 0.241 e. The summed E-state index contributed by atoms with van der Waals surface area (Å²) in [5.41, 5.74) is -0.903. The Morgan fingerprint density at radius 1 is 1.30 bits per heavy atom. The first kappa shape index (κ1) is 17.7. The van der Waals surface area contributed by atoms with Crippen LogP contribution in [0.25, 0.3) is 0 Å². The summed E-state index contributed by atoms with van der Waals surface area (Å²) in [7, 11) is -3.94. The van der Waals surface area contributed by atoms with Gasteiger partial charge in [0.2, 0.25) is 10.0 Å². The zero-order valence-electron chi connectivity index (χ0n) is 13.5. The van der Waals surface area contributed by atoms with Gasteiger partial charge < -0.3 is 9.52 Å². The van der Waals surface area contributed by atoms with Crippen LogP contribution in [0.2, 0.25) is 0 Å². The molecule has 23 heavy (non-hydrogen) atoms. The van der Waals surface area contributed by atoms with E-state index in [1.54, 1.807) is 19.9 Å². The second-order valence-electron chi connectivity index (χ2n) is 5.79. The number of furan rings is 1. The van der Waals surface area contributed by atoms with Crippen LogP contribution in [0, 0.1) is 26.6 Å². The molecule has 0 spiro atoms. The van der Waals surface area contributed by atoms with E-state index < -0.39 is 21.4 Å². The highest BCUT2D eigenvalue weighted by atomic mass is 32.2. The van der Waals surface area contributed by atoms with E-state index in [1.165, 1.54) is 32.0 Å². The lowest BCUT2D eigenvalue weighted by molar-refractivity contribution is 0.0612. The van der Waals surface area contributed by atoms with Crippen molar-refractivity contribution in [2.45, 2.75) is 38.2 Å². The average molecular weight is 341 g/mol. The van der Waals surface area contributed by atoms with Gasteiger partial charge in [0.05, 0.1) is 4.90 Å². The Morgan fingerprint density at radius 3 is 2.52 bits per heavy atom. The van der Waals surface area contributed by atoms with Crippen molar-refractivity contribution in [1.29, 1.82) is 0 Å². The number of aryl methyl sites for hydroxylation is 2. The van der Waals surface area contributed by atoms with Crippen LogP contribution < -0.4 is 4.72 Å². The van der Waals surface area contributed by atoms with Gasteiger partial charge in [-0.25, -0.2) is 17.5 Å². The molecule has 1 aromatic carbocycles. The third-order valence-corrected chi connectivity index (χ3v) is 5.28. The summed E-state index contributed by atoms with van der Waals surface area (Å²) < 4.78 is 46.0. The van der Waals surface area contributed by atoms with Crippen LogP contribution in [-0.4, -0.2) is 20.1 Å². The lowest BCUT2D eigenvalue weighted by Crippen LogP contribution is -2.39. The molecule has 0 bridgehead atoms. The van der Waals surface area contributed by atoms with Gasteiger partial charge in [-0.05, 0) is 45.9 Å². The number of benzene rings is 1. The van der Waals surface area contributed by atoms with Crippen LogP contribution >= 0.6 is 0 Å². The molecule has 0 radical (unpaired) electrons. The van der Waals surface area contributed by atoms with Crippen molar-refractivity contribution < 1.29 is 22.3 Å². The van der Waals surface area contributed by atoms with Crippen molar-refractivity contribution in [2.75, 3.05) is 6.54 Å². The van der Waals surface area contributed by atoms with E-state index in [4.69, 9.17) is 4.42 Å². The minimum Gasteiger partial charge on any atom is -0.466 e. The smallest absolute Gasteiger partial charge is 0.241 e. The molecule has 7 heteroatoms. The molecule has 1 aromatic heterocycles. The molecule has 1 atom stereocenters. The molecule has 1 heterocycles. The summed E-state index contributed by atoms with van der Waals surface area (Å²) in [6.07, 6.45) is 0. The van der Waals surface area contributed by atoms with Gasteiger partial charge in [-0.15, -0.1) is 0 Å². The Balaban J connectivity index is 2.25. The van der Waals surface area contributed by atoms with Crippen LogP contribution in [-0.2, 0) is 15.6 Å². The highest BCUT2D eigenvalue weighted by Gasteiger charge is 2.30. The molecular formula is C16H20FNO4S. The molecule has 2 N–H and O–H groups in total. The van der Waals surface area contributed by atoms with Gasteiger partial charge in [-0.3, -0.25) is 0 Å². The zero-order valence-corrected chi connectivity index (χ0v) is 14.3. The lowest BCUT2D eigenvalue weighted by Gasteiger charge is -2.23. The molecule has 2 aromatic rings. The van der Waals surface area contributed by atoms with Crippen molar-refractivity contribution in [3.63, 3.8) is 0 Å². The molecule has 0 aliphatic rings. The number of hydrogen-bond donors (Lipinski definition) is 2. The van der Waals surface area contributed by atoms with E-state index in [2.05, 4.69) is 4.72 Å². The van der Waals surface area contributed by atoms with E-state index in [0.29, 0.717) is 17.1 Å². The quantitative estimate of drug-likeness (QED) is 0.876. The molecule has 0 fully saturated rings. The van der Waals surface area contributed by atoms with Gasteiger partial charge in [-0.2, -0.15) is 0 Å². The van der Waals surface area contributed by atoms with Gasteiger partial charge in [0, 0.05) is 17.7 Å². The first-order valence-electron chi connectivity index (χ1n) is 7.09. The SMILES string of the molecule is Cc1cc(C(C)(O)CNS(=O)(=O)c2cccc(F)c2C)c(C)o1. The Morgan fingerprint density at radius 2 is 1.96 bits per heavy atom. The highest BCUT2D eigenvalue weighted by molar-refractivity contribution is 7.89. The van der Waals surface area contributed by atoms with E-state index >= 15 is 0 Å². The standard InChI is InChI=1S/C16H20FNO4S/c1-10-8-13(12(3)22-10)16(4,19)9-18-23(20,21)15-7-5-6-14(17)11(15)2/h5-8,18-19H,9H2,1-4H3. The van der Waals surface area contributed by atoms with Gasteiger partial charge >= 0.3 is 0 Å². The van der Waals surface area contributed by atoms with Gasteiger partial charge in [0.25, 0.3) is 0 Å². The number of aliphatic hydroxyl groups is 1. The largest absolute Gasteiger partial charge is 0.466 e. The normalized spacial score (nSPS) is 14.7. The summed E-state index contributed by atoms with van der Waals surface area (Å²) in [5.74, 6) is 0.552. The molecule has 0 amide bonds. The van der Waals surface area contributed by atoms with Gasteiger partial charge in [0.15, 0.2) is 0 Å². The maximum atomic E-state index is 13.6. The summed E-state index contributed by atoms with van der Waals surface area (Å²) in [5, 5.41) is 10.6. The molecular weight excluding hydrogens is 321 g/mol. The predicted molar refractivity (Wildman–Crippen MR) is 84.1 cm³/mol. The Kier molecular flexibility index (Phi) is 4.66. The fraction of sp³-hybridized carbons (Fsp3) is 0.375. The van der Waals surface area contributed by atoms with E-state index in [0.717, 1.165) is 0 Å². The highest BCUT2D eigenvalue weighted by Crippen LogP contribution is 2.27. The molecule has 0 saturated heterocycles. The summed E-state index contributed by atoms with van der Waals surface area (Å²) >= 11 is 0. The van der Waals surface area contributed by atoms with Crippen molar-refractivity contribution in [2.24, 2.45) is 0 Å². The molecule has 0 saturated carbocycles. The molecule has 126 valence electrons. The van der Waals surface area contributed by atoms with Crippen LogP contribution in [0.4, 0.5) is 4.39 Å². The average Bonchev–Trinajstić information content (AvgIpc) is 2.79. The zero-order chi connectivity index (χ0) is 17.4. The molecule has 5 nitrogen and oxygen atoms in total. The van der Waals surface area contributed by atoms with Crippen molar-refractivity contribution in [3.8, 4) is 0 Å². The lowest BCUT2D eigenvalue weighted by atomic mass is 9.97. The van der Waals surface area contributed by atoms with E-state index in [9.17, 15) is 17.9 Å². The number of rotatable bonds is 5. The number of hydrogen-bond acceptors (Lipinski definition) is 4. The Hall–Kier alpha value is -1.70. The minimum atomic E-state index is -3.94. The first-order chi connectivity index (χ1) is 10.5. The number of nitrogens with one attached hydrogen (secondary N) is 1. The maximum absolute atomic E-state index is 13.6. The molecule has 0 aliphatic carbocycles. The van der Waals surface area contributed by atoms with Crippen LogP contribution in [0.15, 0.2) is 33.6 Å². The number of halogens is 1. The molecule has 2 rings (SSSR count). The molecule has 0 aliphatic heterocycles. The topological polar surface area (TPSA) is 79.5 Å². The van der Waals surface area contributed by atoms with Crippen molar-refractivity contribution in [3.05, 3.63) is 52.7 Å². The van der Waals surface area contributed by atoms with E-state index in [1.807, 2.05) is 0 Å². The fourth-order valence-electron chi connectivity index (χ4n) is 2.45. The summed E-state index contributed by atoms with van der Waals surface area (Å²) in [6.45, 7) is 6.07. The Bertz CT molecular complexity index is 825. The second kappa shape index (κ2) is 6.07. The molecule has 1 unspecified atom stereocenters. The predicted octanol–water partition coefficient (Wildman–Crippen LogP) is 2.53. The summed E-state index contributed by atoms with van der Waals surface area (Å²) in [4.78, 5) is -0.145. The van der Waals surface area contributed by atoms with E-state index in [-0.39, 0.29) is 17.0 Å². The minimum absolute atomic E-state index is 0.0370. The van der Waals surface area contributed by atoms with Crippen LogP contribution in [0.1, 0.15) is 29.6 Å². The monoisotopic (exact) mass is 341 g/mol. The van der Waals surface area contributed by atoms with Crippen molar-refractivity contribution in [1.82, 2.24) is 4.72 Å². The number of sulfonamides is 1. The fourth-order valence-corrected chi connectivity index (χ4v) is 3.84. The Labute approximate surface area is 135 Å². The first-order valence-corrected chi connectivity index (χ1v) is 8.57. The summed E-state index contributed by atoms with van der Waals surface area (Å²) in [6, 6.07) is 5.51. The van der Waals surface area contributed by atoms with Crippen LogP contribution in [0.5, 0.6) is 0 Å². The van der Waals surface area contributed by atoms with Gasteiger partial charge in [0.1, 0.15) is 22.9 Å². The van der Waals surface area contributed by atoms with Gasteiger partial charge in [-0.1, -0.05) is 6.07 Å². The second-order valence-corrected chi connectivity index (χ2v) is 7.52. The third kappa shape index (κ3) is 3.63. The van der Waals surface area contributed by atoms with Crippen molar-refractivity contribution >= 4 is 10.0 Å². The third-order valence-electron chi connectivity index (χ3n) is 3.74. The van der Waals surface area contributed by atoms with Crippen LogP contribution in [0.3, 0.4) is 0 Å².